The number of nitrogens with one attached hydrogen (secondary N) is 1. The third-order valence-electron chi connectivity index (χ3n) is 2.52. The number of aromatic nitrogens is 1. The number of halogens is 1. The Morgan fingerprint density at radius 2 is 2.27 bits per heavy atom. The van der Waals surface area contributed by atoms with Crippen molar-refractivity contribution >= 4 is 0 Å². The van der Waals surface area contributed by atoms with Crippen LogP contribution in [0, 0.1) is 5.82 Å². The summed E-state index contributed by atoms with van der Waals surface area (Å²) in [5.41, 5.74) is 0.767. The highest BCUT2D eigenvalue weighted by Crippen LogP contribution is 2.20. The second-order valence-electron chi connectivity index (χ2n) is 3.84. The lowest BCUT2D eigenvalue weighted by Gasteiger charge is -2.12. The Morgan fingerprint density at radius 3 is 2.93 bits per heavy atom. The van der Waals surface area contributed by atoms with Crippen LogP contribution in [0.3, 0.4) is 0 Å². The van der Waals surface area contributed by atoms with Crippen LogP contribution in [0.5, 0.6) is 0 Å². The Balaban J connectivity index is 2.40. The van der Waals surface area contributed by atoms with Gasteiger partial charge in [-0.1, -0.05) is 13.8 Å². The summed E-state index contributed by atoms with van der Waals surface area (Å²) in [5.74, 6) is 0.0536. The van der Waals surface area contributed by atoms with Crippen LogP contribution in [0.25, 0.3) is 0 Å². The lowest BCUT2D eigenvalue weighted by Crippen LogP contribution is -2.17. The van der Waals surface area contributed by atoms with Gasteiger partial charge in [0.1, 0.15) is 5.82 Å². The predicted molar refractivity (Wildman–Crippen MR) is 60.4 cm³/mol. The van der Waals surface area contributed by atoms with Gasteiger partial charge in [-0.05, 0) is 43.5 Å². The maximum atomic E-state index is 13.3. The maximum Gasteiger partial charge on any atom is 0.144 e. The molecule has 0 spiro atoms. The molecule has 1 unspecified atom stereocenters. The maximum absolute atomic E-state index is 13.3. The van der Waals surface area contributed by atoms with Crippen molar-refractivity contribution in [1.29, 1.82) is 0 Å². The third kappa shape index (κ3) is 3.96. The van der Waals surface area contributed by atoms with Crippen LogP contribution >= 0.6 is 0 Å². The Bertz CT molecular complexity index is 289. The zero-order chi connectivity index (χ0) is 11.1. The normalized spacial score (nSPS) is 12.7. The van der Waals surface area contributed by atoms with Gasteiger partial charge in [-0.2, -0.15) is 0 Å². The van der Waals surface area contributed by atoms with E-state index in [0.717, 1.165) is 31.5 Å². The molecule has 1 aromatic rings. The zero-order valence-corrected chi connectivity index (χ0v) is 9.46. The SMILES string of the molecule is CCCNCCC(C)c1ccncc1F. The van der Waals surface area contributed by atoms with E-state index >= 15 is 0 Å². The van der Waals surface area contributed by atoms with Gasteiger partial charge >= 0.3 is 0 Å². The number of hydrogen-bond acceptors (Lipinski definition) is 2. The van der Waals surface area contributed by atoms with Crippen molar-refractivity contribution in [3.63, 3.8) is 0 Å². The van der Waals surface area contributed by atoms with E-state index in [2.05, 4.69) is 17.2 Å². The van der Waals surface area contributed by atoms with Crippen LogP contribution in [0.1, 0.15) is 38.2 Å². The van der Waals surface area contributed by atoms with Gasteiger partial charge in [-0.15, -0.1) is 0 Å². The Kier molecular flexibility index (Phi) is 5.26. The smallest absolute Gasteiger partial charge is 0.144 e. The van der Waals surface area contributed by atoms with E-state index in [1.165, 1.54) is 6.20 Å². The lowest BCUT2D eigenvalue weighted by molar-refractivity contribution is 0.548. The molecule has 0 aliphatic rings. The molecule has 0 fully saturated rings. The molecule has 15 heavy (non-hydrogen) atoms. The number of rotatable bonds is 6. The molecule has 84 valence electrons. The average molecular weight is 210 g/mol. The summed E-state index contributed by atoms with van der Waals surface area (Å²) in [6, 6.07) is 1.76. The second-order valence-corrected chi connectivity index (χ2v) is 3.84. The summed E-state index contributed by atoms with van der Waals surface area (Å²) in [4.78, 5) is 3.75. The molecule has 1 heterocycles. The van der Waals surface area contributed by atoms with Crippen molar-refractivity contribution in [2.45, 2.75) is 32.6 Å². The van der Waals surface area contributed by atoms with Gasteiger partial charge in [-0.25, -0.2) is 4.39 Å². The fourth-order valence-electron chi connectivity index (χ4n) is 1.56. The molecule has 0 aliphatic heterocycles. The fourth-order valence-corrected chi connectivity index (χ4v) is 1.56. The fraction of sp³-hybridized carbons (Fsp3) is 0.583. The summed E-state index contributed by atoms with van der Waals surface area (Å²) in [6.07, 6.45) is 5.03. The molecule has 0 aliphatic carbocycles. The molecule has 1 N–H and O–H groups in total. The number of pyridine rings is 1. The molecule has 0 saturated carbocycles. The van der Waals surface area contributed by atoms with E-state index in [1.807, 2.05) is 6.92 Å². The molecule has 1 aromatic heterocycles. The first-order valence-corrected chi connectivity index (χ1v) is 5.55. The minimum atomic E-state index is -0.194. The van der Waals surface area contributed by atoms with E-state index in [-0.39, 0.29) is 11.7 Å². The molecule has 0 saturated heterocycles. The molecule has 0 amide bonds. The molecular weight excluding hydrogens is 191 g/mol. The van der Waals surface area contributed by atoms with E-state index in [0.29, 0.717) is 0 Å². The molecular formula is C12H19FN2. The van der Waals surface area contributed by atoms with Gasteiger partial charge in [0.15, 0.2) is 0 Å². The standard InChI is InChI=1S/C12H19FN2/c1-3-6-14-7-4-10(2)11-5-8-15-9-12(11)13/h5,8-10,14H,3-4,6-7H2,1-2H3. The van der Waals surface area contributed by atoms with Crippen molar-refractivity contribution in [2.24, 2.45) is 0 Å². The highest BCUT2D eigenvalue weighted by atomic mass is 19.1. The monoisotopic (exact) mass is 210 g/mol. The molecule has 2 nitrogen and oxygen atoms in total. The van der Waals surface area contributed by atoms with Gasteiger partial charge < -0.3 is 5.32 Å². The lowest BCUT2D eigenvalue weighted by atomic mass is 9.98. The summed E-state index contributed by atoms with van der Waals surface area (Å²) >= 11 is 0. The van der Waals surface area contributed by atoms with Gasteiger partial charge in [0.2, 0.25) is 0 Å². The largest absolute Gasteiger partial charge is 0.317 e. The van der Waals surface area contributed by atoms with Crippen molar-refractivity contribution in [2.75, 3.05) is 13.1 Å². The van der Waals surface area contributed by atoms with Crippen LogP contribution in [-0.4, -0.2) is 18.1 Å². The topological polar surface area (TPSA) is 24.9 Å². The minimum absolute atomic E-state index is 0.194. The molecule has 1 atom stereocenters. The van der Waals surface area contributed by atoms with Gasteiger partial charge in [0, 0.05) is 6.20 Å². The van der Waals surface area contributed by atoms with Gasteiger partial charge in [0.05, 0.1) is 6.20 Å². The summed E-state index contributed by atoms with van der Waals surface area (Å²) < 4.78 is 13.3. The quantitative estimate of drug-likeness (QED) is 0.730. The van der Waals surface area contributed by atoms with E-state index in [9.17, 15) is 4.39 Å². The molecule has 0 radical (unpaired) electrons. The summed E-state index contributed by atoms with van der Waals surface area (Å²) in [6.45, 7) is 6.16. The van der Waals surface area contributed by atoms with Crippen molar-refractivity contribution < 1.29 is 4.39 Å². The zero-order valence-electron chi connectivity index (χ0n) is 9.46. The summed E-state index contributed by atoms with van der Waals surface area (Å²) in [5, 5.41) is 3.32. The average Bonchev–Trinajstić information content (AvgIpc) is 2.25. The third-order valence-corrected chi connectivity index (χ3v) is 2.52. The minimum Gasteiger partial charge on any atom is -0.317 e. The van der Waals surface area contributed by atoms with Crippen molar-refractivity contribution in [1.82, 2.24) is 10.3 Å². The Hall–Kier alpha value is -0.960. The van der Waals surface area contributed by atoms with Crippen molar-refractivity contribution in [3.8, 4) is 0 Å². The second kappa shape index (κ2) is 6.51. The molecule has 0 bridgehead atoms. The molecule has 1 rings (SSSR count). The van der Waals surface area contributed by atoms with Gasteiger partial charge in [-0.3, -0.25) is 4.98 Å². The highest BCUT2D eigenvalue weighted by Gasteiger charge is 2.09. The predicted octanol–water partition coefficient (Wildman–Crippen LogP) is 2.71. The first-order chi connectivity index (χ1) is 7.25. The van der Waals surface area contributed by atoms with Crippen LogP contribution in [-0.2, 0) is 0 Å². The van der Waals surface area contributed by atoms with Gasteiger partial charge in [0.25, 0.3) is 0 Å². The Labute approximate surface area is 90.9 Å². The van der Waals surface area contributed by atoms with Crippen LogP contribution < -0.4 is 5.32 Å². The van der Waals surface area contributed by atoms with Crippen LogP contribution in [0.2, 0.25) is 0 Å². The highest BCUT2D eigenvalue weighted by molar-refractivity contribution is 5.17. The van der Waals surface area contributed by atoms with Crippen LogP contribution in [0.15, 0.2) is 18.5 Å². The molecule has 3 heteroatoms. The first kappa shape index (κ1) is 12.1. The summed E-state index contributed by atoms with van der Waals surface area (Å²) in [7, 11) is 0. The number of hydrogen-bond donors (Lipinski definition) is 1. The Morgan fingerprint density at radius 1 is 1.47 bits per heavy atom. The number of nitrogens with zero attached hydrogens (tertiary/aromatic N) is 1. The first-order valence-electron chi connectivity index (χ1n) is 5.55. The van der Waals surface area contributed by atoms with E-state index in [4.69, 9.17) is 0 Å². The van der Waals surface area contributed by atoms with E-state index in [1.54, 1.807) is 12.3 Å². The van der Waals surface area contributed by atoms with Crippen molar-refractivity contribution in [3.05, 3.63) is 29.8 Å². The van der Waals surface area contributed by atoms with Crippen LogP contribution in [0.4, 0.5) is 4.39 Å². The molecule has 0 aromatic carbocycles. The van der Waals surface area contributed by atoms with E-state index < -0.39 is 0 Å².